The van der Waals surface area contributed by atoms with E-state index in [1.807, 2.05) is 53.6 Å². The van der Waals surface area contributed by atoms with Gasteiger partial charge in [-0.2, -0.15) is 0 Å². The molecule has 51 heavy (non-hydrogen) atoms. The predicted octanol–water partition coefficient (Wildman–Crippen LogP) is 3.30. The smallest absolute Gasteiger partial charge is 0.311 e. The van der Waals surface area contributed by atoms with Gasteiger partial charge in [0, 0.05) is 38.1 Å². The van der Waals surface area contributed by atoms with Crippen molar-refractivity contribution in [1.82, 2.24) is 9.80 Å². The second-order valence-electron chi connectivity index (χ2n) is 17.2. The molecule has 298 valence electrons. The van der Waals surface area contributed by atoms with E-state index in [1.54, 1.807) is 27.9 Å². The van der Waals surface area contributed by atoms with Crippen LogP contribution in [0.25, 0.3) is 0 Å². The van der Waals surface area contributed by atoms with Crippen molar-refractivity contribution in [2.45, 2.75) is 186 Å². The average Bonchev–Trinajstić information content (AvgIpc) is 3.21. The molecule has 3 N–H and O–H groups in total. The van der Waals surface area contributed by atoms with Gasteiger partial charge in [-0.15, -0.1) is 0 Å². The molecule has 4 saturated heterocycles. The van der Waals surface area contributed by atoms with Gasteiger partial charge >= 0.3 is 5.97 Å². The summed E-state index contributed by atoms with van der Waals surface area (Å²) < 4.78 is 45.2. The molecule has 0 radical (unpaired) electrons. The van der Waals surface area contributed by atoms with E-state index in [2.05, 4.69) is 18.7 Å². The Morgan fingerprint density at radius 1 is 0.980 bits per heavy atom. The molecule has 1 unspecified atom stereocenters. The summed E-state index contributed by atoms with van der Waals surface area (Å²) in [6.07, 6.45) is -4.50. The van der Waals surface area contributed by atoms with Gasteiger partial charge in [0.15, 0.2) is 12.6 Å². The van der Waals surface area contributed by atoms with Gasteiger partial charge in [0.2, 0.25) is 0 Å². The van der Waals surface area contributed by atoms with Crippen LogP contribution in [0, 0.1) is 17.8 Å². The van der Waals surface area contributed by atoms with Crippen LogP contribution in [-0.2, 0) is 38.0 Å². The van der Waals surface area contributed by atoms with E-state index in [4.69, 9.17) is 33.2 Å². The van der Waals surface area contributed by atoms with Crippen LogP contribution in [0.4, 0.5) is 0 Å². The fourth-order valence-corrected chi connectivity index (χ4v) is 9.16. The highest BCUT2D eigenvalue weighted by Crippen LogP contribution is 2.42. The summed E-state index contributed by atoms with van der Waals surface area (Å²) in [4.78, 5) is 18.4. The van der Waals surface area contributed by atoms with Gasteiger partial charge < -0.3 is 53.4 Å². The highest BCUT2D eigenvalue weighted by atomic mass is 16.7. The number of fused-ring (bicyclic) bond motifs is 3. The molecule has 2 bridgehead atoms. The number of nitrogens with zero attached hydrogens (tertiary/aromatic N) is 2. The third-order valence-electron chi connectivity index (χ3n) is 12.3. The number of carbonyl (C=O) groups is 1. The third-order valence-corrected chi connectivity index (χ3v) is 12.3. The average molecular weight is 731 g/mol. The molecule has 0 amide bonds. The second-order valence-corrected chi connectivity index (χ2v) is 17.2. The number of likely N-dealkylation sites (N-methyl/N-ethyl adjacent to an activating group) is 1. The zero-order chi connectivity index (χ0) is 38.2. The first-order chi connectivity index (χ1) is 23.7. The lowest BCUT2D eigenvalue weighted by Crippen LogP contribution is -2.61. The van der Waals surface area contributed by atoms with Crippen LogP contribution < -0.4 is 0 Å². The Hall–Kier alpha value is -0.970. The van der Waals surface area contributed by atoms with Gasteiger partial charge in [-0.05, 0) is 94.2 Å². The van der Waals surface area contributed by atoms with Crippen molar-refractivity contribution < 1.29 is 53.3 Å². The summed E-state index contributed by atoms with van der Waals surface area (Å²) in [5.74, 6) is -1.73. The highest BCUT2D eigenvalue weighted by molar-refractivity contribution is 5.73. The standard InChI is InChI=1S/C38H70N2O11/c1-14-28-36(8,44)17-22(3)40-19-21(2)16-38(10,46-20-40)33(51-35-30(41)27(39(11)12)15-23(4)47-35)24(5)31(25(6)34(43)49-28)50-29-18-37(9,45-13)32(42)26(7)48-29/h21-33,35,41-42,44H,14-20H2,1-13H3/t21-,22-,23-,24+,25-,26+,27+,28+,29+,30-,31+,32+,33-,35+,36+,37-,38-/m1/s1. The number of carbonyl (C=O) groups excluding carboxylic acids is 1. The molecule has 18 atom stereocenters. The van der Waals surface area contributed by atoms with E-state index in [1.165, 1.54) is 0 Å². The minimum Gasteiger partial charge on any atom is -0.459 e. The molecule has 0 aromatic rings. The van der Waals surface area contributed by atoms with Crippen molar-refractivity contribution in [3.8, 4) is 0 Å². The molecule has 4 rings (SSSR count). The Morgan fingerprint density at radius 2 is 1.65 bits per heavy atom. The number of cyclic esters (lactones) is 1. The molecule has 4 fully saturated rings. The summed E-state index contributed by atoms with van der Waals surface area (Å²) in [6.45, 7) is 20.3. The molecule has 4 aliphatic rings. The minimum absolute atomic E-state index is 0.0770. The maximum atomic E-state index is 14.2. The van der Waals surface area contributed by atoms with E-state index in [9.17, 15) is 20.1 Å². The number of hydrogen-bond donors (Lipinski definition) is 3. The first-order valence-electron chi connectivity index (χ1n) is 19.2. The lowest BCUT2D eigenvalue weighted by atomic mass is 9.77. The normalized spacial score (nSPS) is 50.8. The monoisotopic (exact) mass is 730 g/mol. The quantitative estimate of drug-likeness (QED) is 0.330. The minimum atomic E-state index is -1.30. The SMILES string of the molecule is CC[C@@H]1OC(=O)[C@H](C)[C@@H](O[C@H]2C[C@@](C)(OC)[C@@H](O)[C@H](C)O2)[C@H](C)[C@@H](O[C@@H]2O[C@H](C)C[C@H](N(C)C)[C@H]2O)[C@@]2(C)C[C@@H](C)CN(CO2)[C@H](C)C[C@]1(C)O. The molecule has 0 aromatic heterocycles. The molecular formula is C38H70N2O11. The van der Waals surface area contributed by atoms with Gasteiger partial charge in [0.25, 0.3) is 0 Å². The van der Waals surface area contributed by atoms with E-state index in [-0.39, 0.29) is 30.5 Å². The number of hydrogen-bond acceptors (Lipinski definition) is 13. The Balaban J connectivity index is 1.83. The van der Waals surface area contributed by atoms with Crippen LogP contribution in [0.15, 0.2) is 0 Å². The Morgan fingerprint density at radius 3 is 2.25 bits per heavy atom. The fourth-order valence-electron chi connectivity index (χ4n) is 9.16. The van der Waals surface area contributed by atoms with Crippen molar-refractivity contribution in [3.05, 3.63) is 0 Å². The van der Waals surface area contributed by atoms with E-state index >= 15 is 0 Å². The van der Waals surface area contributed by atoms with E-state index in [0.717, 1.165) is 6.54 Å². The Labute approximate surface area is 306 Å². The largest absolute Gasteiger partial charge is 0.459 e. The van der Waals surface area contributed by atoms with Crippen LogP contribution in [0.3, 0.4) is 0 Å². The molecular weight excluding hydrogens is 660 g/mol. The first-order valence-corrected chi connectivity index (χ1v) is 19.2. The molecule has 4 heterocycles. The van der Waals surface area contributed by atoms with E-state index < -0.39 is 83.8 Å². The van der Waals surface area contributed by atoms with Crippen LogP contribution in [0.5, 0.6) is 0 Å². The second kappa shape index (κ2) is 16.8. The molecule has 0 spiro atoms. The van der Waals surface area contributed by atoms with Crippen molar-refractivity contribution in [2.75, 3.05) is 34.5 Å². The summed E-state index contributed by atoms with van der Waals surface area (Å²) in [7, 11) is 5.43. The van der Waals surface area contributed by atoms with Crippen LogP contribution in [0.2, 0.25) is 0 Å². The van der Waals surface area contributed by atoms with Crippen molar-refractivity contribution >= 4 is 5.97 Å². The molecule has 0 aromatic carbocycles. The molecule has 0 saturated carbocycles. The number of esters is 1. The van der Waals surface area contributed by atoms with Crippen molar-refractivity contribution in [1.29, 1.82) is 0 Å². The number of aliphatic hydroxyl groups excluding tert-OH is 2. The maximum Gasteiger partial charge on any atom is 0.311 e. The van der Waals surface area contributed by atoms with Crippen molar-refractivity contribution in [3.63, 3.8) is 0 Å². The number of aliphatic hydroxyl groups is 3. The molecule has 13 nitrogen and oxygen atoms in total. The highest BCUT2D eigenvalue weighted by Gasteiger charge is 2.53. The third kappa shape index (κ3) is 9.47. The van der Waals surface area contributed by atoms with Crippen molar-refractivity contribution in [2.24, 2.45) is 17.8 Å². The Bertz CT molecular complexity index is 1150. The number of rotatable bonds is 7. The lowest BCUT2D eigenvalue weighted by Gasteiger charge is -2.49. The molecule has 4 aliphatic heterocycles. The summed E-state index contributed by atoms with van der Waals surface area (Å²) in [6, 6.07) is -0.271. The summed E-state index contributed by atoms with van der Waals surface area (Å²) in [5, 5.41) is 34.4. The van der Waals surface area contributed by atoms with Crippen LogP contribution in [-0.4, -0.2) is 150 Å². The summed E-state index contributed by atoms with van der Waals surface area (Å²) >= 11 is 0. The predicted molar refractivity (Wildman–Crippen MR) is 191 cm³/mol. The maximum absolute atomic E-state index is 14.2. The summed E-state index contributed by atoms with van der Waals surface area (Å²) in [5.41, 5.74) is -3.17. The van der Waals surface area contributed by atoms with Gasteiger partial charge in [-0.1, -0.05) is 20.8 Å². The zero-order valence-corrected chi connectivity index (χ0v) is 33.5. The van der Waals surface area contributed by atoms with Crippen LogP contribution in [0.1, 0.15) is 101 Å². The van der Waals surface area contributed by atoms with Gasteiger partial charge in [-0.3, -0.25) is 9.69 Å². The van der Waals surface area contributed by atoms with Gasteiger partial charge in [0.1, 0.15) is 30.6 Å². The first kappa shape index (κ1) is 42.8. The molecule has 0 aliphatic carbocycles. The van der Waals surface area contributed by atoms with Crippen LogP contribution >= 0.6 is 0 Å². The zero-order valence-electron chi connectivity index (χ0n) is 33.5. The fraction of sp³-hybridized carbons (Fsp3) is 0.974. The van der Waals surface area contributed by atoms with Gasteiger partial charge in [0.05, 0.1) is 41.5 Å². The van der Waals surface area contributed by atoms with E-state index in [0.29, 0.717) is 32.4 Å². The van der Waals surface area contributed by atoms with Gasteiger partial charge in [-0.25, -0.2) is 0 Å². The topological polar surface area (TPSA) is 149 Å². The number of methoxy groups -OCH3 is 1. The number of ether oxygens (including phenoxy) is 7. The molecule has 13 heteroatoms. The Kier molecular flexibility index (Phi) is 14.1. The lowest BCUT2D eigenvalue weighted by molar-refractivity contribution is -0.321.